The van der Waals surface area contributed by atoms with Gasteiger partial charge in [-0.05, 0) is 43.7 Å². The first-order valence-corrected chi connectivity index (χ1v) is 11.5. The number of aryl methyl sites for hydroxylation is 2. The zero-order valence-corrected chi connectivity index (χ0v) is 18.2. The van der Waals surface area contributed by atoms with Gasteiger partial charge in [0.1, 0.15) is 5.01 Å². The quantitative estimate of drug-likeness (QED) is 0.588. The Bertz CT molecular complexity index is 1120. The van der Waals surface area contributed by atoms with Crippen LogP contribution in [0.15, 0.2) is 53.4 Å². The van der Waals surface area contributed by atoms with Crippen molar-refractivity contribution < 1.29 is 13.2 Å². The van der Waals surface area contributed by atoms with E-state index < -0.39 is 10.0 Å². The van der Waals surface area contributed by atoms with Gasteiger partial charge in [0, 0.05) is 29.1 Å². The summed E-state index contributed by atoms with van der Waals surface area (Å²) in [5.41, 5.74) is 3.56. The van der Waals surface area contributed by atoms with Gasteiger partial charge in [-0.2, -0.15) is 0 Å². The van der Waals surface area contributed by atoms with Crippen molar-refractivity contribution in [3.63, 3.8) is 0 Å². The van der Waals surface area contributed by atoms with Crippen LogP contribution in [0.1, 0.15) is 29.5 Å². The van der Waals surface area contributed by atoms with Crippen LogP contribution in [0.25, 0.3) is 10.6 Å². The standard InChI is InChI=1S/C21H23N3O3S2/c1-4-20(25)24-16-9-11-17(12-10-16)29(26,27)22-13-19-15(3)23-21(28-19)18-8-6-5-7-14(18)2/h5-12,22H,4,13H2,1-3H3,(H,24,25). The molecule has 3 aromatic rings. The zero-order valence-electron chi connectivity index (χ0n) is 16.5. The fourth-order valence-corrected chi connectivity index (χ4v) is 4.91. The third-order valence-electron chi connectivity index (χ3n) is 4.46. The van der Waals surface area contributed by atoms with Gasteiger partial charge in [0.25, 0.3) is 0 Å². The van der Waals surface area contributed by atoms with E-state index in [9.17, 15) is 13.2 Å². The number of aromatic nitrogens is 1. The first-order chi connectivity index (χ1) is 13.8. The molecular weight excluding hydrogens is 406 g/mol. The minimum Gasteiger partial charge on any atom is -0.326 e. The number of hydrogen-bond donors (Lipinski definition) is 2. The fourth-order valence-electron chi connectivity index (χ4n) is 2.73. The average molecular weight is 430 g/mol. The van der Waals surface area contributed by atoms with Gasteiger partial charge in [-0.3, -0.25) is 4.79 Å². The summed E-state index contributed by atoms with van der Waals surface area (Å²) >= 11 is 1.49. The van der Waals surface area contributed by atoms with E-state index in [4.69, 9.17) is 0 Å². The highest BCUT2D eigenvalue weighted by molar-refractivity contribution is 7.89. The molecule has 2 N–H and O–H groups in total. The average Bonchev–Trinajstić information content (AvgIpc) is 3.07. The predicted molar refractivity (Wildman–Crippen MR) is 116 cm³/mol. The maximum Gasteiger partial charge on any atom is 0.240 e. The molecular formula is C21H23N3O3S2. The Morgan fingerprint density at radius 1 is 1.07 bits per heavy atom. The highest BCUT2D eigenvalue weighted by atomic mass is 32.2. The van der Waals surface area contributed by atoms with Gasteiger partial charge in [0.15, 0.2) is 0 Å². The van der Waals surface area contributed by atoms with Gasteiger partial charge < -0.3 is 5.32 Å². The minimum absolute atomic E-state index is 0.121. The topological polar surface area (TPSA) is 88.2 Å². The number of benzene rings is 2. The summed E-state index contributed by atoms with van der Waals surface area (Å²) < 4.78 is 27.9. The first kappa shape index (κ1) is 21.2. The van der Waals surface area contributed by atoms with Crippen LogP contribution in [0, 0.1) is 13.8 Å². The second-order valence-electron chi connectivity index (χ2n) is 6.59. The van der Waals surface area contributed by atoms with Crippen molar-refractivity contribution >= 4 is 33.0 Å². The van der Waals surface area contributed by atoms with E-state index in [-0.39, 0.29) is 17.3 Å². The van der Waals surface area contributed by atoms with Crippen LogP contribution < -0.4 is 10.0 Å². The summed E-state index contributed by atoms with van der Waals surface area (Å²) in [7, 11) is -3.67. The van der Waals surface area contributed by atoms with Crippen molar-refractivity contribution in [2.45, 2.75) is 38.6 Å². The lowest BCUT2D eigenvalue weighted by atomic mass is 10.1. The van der Waals surface area contributed by atoms with Crippen molar-refractivity contribution in [3.05, 3.63) is 64.7 Å². The van der Waals surface area contributed by atoms with Crippen LogP contribution in [0.2, 0.25) is 0 Å². The molecule has 0 fully saturated rings. The third-order valence-corrected chi connectivity index (χ3v) is 7.07. The number of hydrogen-bond acceptors (Lipinski definition) is 5. The normalized spacial score (nSPS) is 11.4. The zero-order chi connectivity index (χ0) is 21.0. The van der Waals surface area contributed by atoms with E-state index >= 15 is 0 Å². The lowest BCUT2D eigenvalue weighted by Gasteiger charge is -2.08. The van der Waals surface area contributed by atoms with E-state index in [1.165, 1.54) is 23.5 Å². The molecule has 8 heteroatoms. The fraction of sp³-hybridized carbons (Fsp3) is 0.238. The van der Waals surface area contributed by atoms with E-state index in [2.05, 4.69) is 15.0 Å². The number of anilines is 1. The summed E-state index contributed by atoms with van der Waals surface area (Å²) in [4.78, 5) is 17.1. The summed E-state index contributed by atoms with van der Waals surface area (Å²) in [6, 6.07) is 14.1. The van der Waals surface area contributed by atoms with Gasteiger partial charge in [-0.15, -0.1) is 11.3 Å². The molecule has 29 heavy (non-hydrogen) atoms. The third kappa shape index (κ3) is 5.09. The smallest absolute Gasteiger partial charge is 0.240 e. The molecule has 0 saturated heterocycles. The molecule has 1 amide bonds. The molecule has 152 valence electrons. The SMILES string of the molecule is CCC(=O)Nc1ccc(S(=O)(=O)NCc2sc(-c3ccccc3C)nc2C)cc1. The van der Waals surface area contributed by atoms with Crippen molar-refractivity contribution in [2.24, 2.45) is 0 Å². The van der Waals surface area contributed by atoms with Gasteiger partial charge in [-0.25, -0.2) is 18.1 Å². The molecule has 0 atom stereocenters. The lowest BCUT2D eigenvalue weighted by Crippen LogP contribution is -2.23. The Kier molecular flexibility index (Phi) is 6.46. The van der Waals surface area contributed by atoms with Gasteiger partial charge in [-0.1, -0.05) is 31.2 Å². The molecule has 0 radical (unpaired) electrons. The summed E-state index contributed by atoms with van der Waals surface area (Å²) in [6.07, 6.45) is 0.361. The Morgan fingerprint density at radius 3 is 2.41 bits per heavy atom. The molecule has 0 unspecified atom stereocenters. The van der Waals surface area contributed by atoms with Crippen LogP contribution in [-0.2, 0) is 21.4 Å². The van der Waals surface area contributed by atoms with Crippen LogP contribution in [0.5, 0.6) is 0 Å². The van der Waals surface area contributed by atoms with Crippen molar-refractivity contribution in [2.75, 3.05) is 5.32 Å². The van der Waals surface area contributed by atoms with E-state index in [0.29, 0.717) is 12.1 Å². The number of nitrogens with one attached hydrogen (secondary N) is 2. The number of amides is 1. The Hall–Kier alpha value is -2.55. The molecule has 2 aromatic carbocycles. The molecule has 3 rings (SSSR count). The van der Waals surface area contributed by atoms with Crippen LogP contribution in [0.3, 0.4) is 0 Å². The number of carbonyl (C=O) groups excluding carboxylic acids is 1. The summed E-state index contributed by atoms with van der Waals surface area (Å²) in [5, 5.41) is 3.58. The summed E-state index contributed by atoms with van der Waals surface area (Å²) in [6.45, 7) is 5.84. The van der Waals surface area contributed by atoms with E-state index in [1.807, 2.05) is 38.1 Å². The molecule has 0 saturated carbocycles. The molecule has 0 spiro atoms. The largest absolute Gasteiger partial charge is 0.326 e. The summed E-state index contributed by atoms with van der Waals surface area (Å²) in [5.74, 6) is -0.121. The van der Waals surface area contributed by atoms with Crippen molar-refractivity contribution in [1.29, 1.82) is 0 Å². The maximum absolute atomic E-state index is 12.6. The van der Waals surface area contributed by atoms with Crippen molar-refractivity contribution in [1.82, 2.24) is 9.71 Å². The highest BCUT2D eigenvalue weighted by Gasteiger charge is 2.17. The number of thiazole rings is 1. The monoisotopic (exact) mass is 429 g/mol. The molecule has 0 aliphatic heterocycles. The van der Waals surface area contributed by atoms with Crippen molar-refractivity contribution in [3.8, 4) is 10.6 Å². The Balaban J connectivity index is 1.72. The molecule has 0 bridgehead atoms. The van der Waals surface area contributed by atoms with Gasteiger partial charge in [0.2, 0.25) is 15.9 Å². The first-order valence-electron chi connectivity index (χ1n) is 9.22. The van der Waals surface area contributed by atoms with E-state index in [1.54, 1.807) is 19.1 Å². The minimum atomic E-state index is -3.67. The maximum atomic E-state index is 12.6. The number of carbonyl (C=O) groups is 1. The predicted octanol–water partition coefficient (Wildman–Crippen LogP) is 4.25. The number of sulfonamides is 1. The lowest BCUT2D eigenvalue weighted by molar-refractivity contribution is -0.115. The van der Waals surface area contributed by atoms with E-state index in [0.717, 1.165) is 26.7 Å². The molecule has 1 aromatic heterocycles. The second kappa shape index (κ2) is 8.86. The molecule has 0 aliphatic carbocycles. The Morgan fingerprint density at radius 2 is 1.76 bits per heavy atom. The molecule has 0 aliphatic rings. The second-order valence-corrected chi connectivity index (χ2v) is 9.44. The number of rotatable bonds is 7. The molecule has 1 heterocycles. The molecule has 6 nitrogen and oxygen atoms in total. The highest BCUT2D eigenvalue weighted by Crippen LogP contribution is 2.30. The van der Waals surface area contributed by atoms with Gasteiger partial charge in [0.05, 0.1) is 10.6 Å². The number of nitrogens with zero attached hydrogens (tertiary/aromatic N) is 1. The van der Waals surface area contributed by atoms with Crippen LogP contribution >= 0.6 is 11.3 Å². The van der Waals surface area contributed by atoms with Gasteiger partial charge >= 0.3 is 0 Å². The van der Waals surface area contributed by atoms with Crippen LogP contribution in [0.4, 0.5) is 5.69 Å². The Labute approximate surface area is 175 Å². The van der Waals surface area contributed by atoms with Crippen LogP contribution in [-0.4, -0.2) is 19.3 Å².